The van der Waals surface area contributed by atoms with E-state index in [1.165, 1.54) is 7.11 Å². The van der Waals surface area contributed by atoms with E-state index in [1.54, 1.807) is 13.2 Å². The molecule has 5 nitrogen and oxygen atoms in total. The average Bonchev–Trinajstić information content (AvgIpc) is 2.93. The maximum absolute atomic E-state index is 10.2. The first-order valence-corrected chi connectivity index (χ1v) is 7.10. The number of aromatic hydroxyl groups is 1. The third-order valence-electron chi connectivity index (χ3n) is 4.30. The summed E-state index contributed by atoms with van der Waals surface area (Å²) in [5.41, 5.74) is 1.94. The lowest BCUT2D eigenvalue weighted by Crippen LogP contribution is -2.23. The normalized spacial score (nSPS) is 21.0. The van der Waals surface area contributed by atoms with Crippen molar-refractivity contribution in [3.63, 3.8) is 0 Å². The van der Waals surface area contributed by atoms with E-state index in [4.69, 9.17) is 18.9 Å². The van der Waals surface area contributed by atoms with Crippen LogP contribution in [0.25, 0.3) is 0 Å². The molecule has 0 amide bonds. The zero-order valence-electron chi connectivity index (χ0n) is 12.3. The van der Waals surface area contributed by atoms with Gasteiger partial charge in [-0.25, -0.2) is 0 Å². The maximum Gasteiger partial charge on any atom is 0.201 e. The van der Waals surface area contributed by atoms with Crippen LogP contribution in [-0.2, 0) is 0 Å². The van der Waals surface area contributed by atoms with Crippen LogP contribution in [0.1, 0.15) is 23.1 Å². The molecule has 0 saturated heterocycles. The molecule has 2 aliphatic rings. The molecular weight excluding hydrogens is 284 g/mol. The number of ether oxygens (including phenoxy) is 4. The molecule has 22 heavy (non-hydrogen) atoms. The minimum atomic E-state index is -0.164. The number of hydrogen-bond acceptors (Lipinski definition) is 5. The van der Waals surface area contributed by atoms with E-state index in [2.05, 4.69) is 0 Å². The van der Waals surface area contributed by atoms with Crippen LogP contribution in [0.15, 0.2) is 30.3 Å². The highest BCUT2D eigenvalue weighted by molar-refractivity contribution is 5.59. The van der Waals surface area contributed by atoms with Crippen LogP contribution in [0.4, 0.5) is 0 Å². The highest BCUT2D eigenvalue weighted by atomic mass is 16.5. The summed E-state index contributed by atoms with van der Waals surface area (Å²) < 4.78 is 22.3. The van der Waals surface area contributed by atoms with Crippen molar-refractivity contribution in [2.45, 2.75) is 12.0 Å². The van der Waals surface area contributed by atoms with E-state index in [0.29, 0.717) is 18.1 Å². The van der Waals surface area contributed by atoms with Crippen LogP contribution in [0.5, 0.6) is 28.7 Å². The molecule has 0 radical (unpaired) electrons. The highest BCUT2D eigenvalue weighted by Crippen LogP contribution is 2.54. The fraction of sp³-hybridized carbons (Fsp3) is 0.294. The molecule has 4 rings (SSSR count). The van der Waals surface area contributed by atoms with Gasteiger partial charge in [0.15, 0.2) is 11.5 Å². The van der Waals surface area contributed by atoms with Gasteiger partial charge in [-0.05, 0) is 18.2 Å². The minimum Gasteiger partial charge on any atom is -0.502 e. The number of fused-ring (bicyclic) bond motifs is 5. The molecule has 5 heteroatoms. The first kappa shape index (κ1) is 13.1. The topological polar surface area (TPSA) is 57.2 Å². The summed E-state index contributed by atoms with van der Waals surface area (Å²) in [7, 11) is 3.15. The second-order valence-corrected chi connectivity index (χ2v) is 5.39. The van der Waals surface area contributed by atoms with E-state index in [9.17, 15) is 5.11 Å². The zero-order chi connectivity index (χ0) is 15.3. The van der Waals surface area contributed by atoms with Crippen molar-refractivity contribution in [3.8, 4) is 28.7 Å². The van der Waals surface area contributed by atoms with Gasteiger partial charge in [-0.1, -0.05) is 6.07 Å². The maximum atomic E-state index is 10.2. The SMILES string of the molecule is COc1ccc2c(c1)O[C@@H]1c3ccc(OC)c(O)c3OC[C@H]21. The van der Waals surface area contributed by atoms with E-state index >= 15 is 0 Å². The van der Waals surface area contributed by atoms with E-state index in [0.717, 1.165) is 22.6 Å². The van der Waals surface area contributed by atoms with Gasteiger partial charge in [0.25, 0.3) is 0 Å². The summed E-state index contributed by atoms with van der Waals surface area (Å²) >= 11 is 0. The molecule has 0 spiro atoms. The number of phenols is 1. The number of phenolic OH excluding ortho intramolecular Hbond substituents is 1. The second kappa shape index (κ2) is 4.73. The predicted molar refractivity (Wildman–Crippen MR) is 79.3 cm³/mol. The fourth-order valence-electron chi connectivity index (χ4n) is 3.17. The van der Waals surface area contributed by atoms with Crippen LogP contribution in [-0.4, -0.2) is 25.9 Å². The molecule has 0 aromatic heterocycles. The summed E-state index contributed by atoms with van der Waals surface area (Å²) in [5, 5.41) is 10.2. The molecule has 0 bridgehead atoms. The number of hydrogen-bond donors (Lipinski definition) is 1. The fourth-order valence-corrected chi connectivity index (χ4v) is 3.17. The van der Waals surface area contributed by atoms with Crippen LogP contribution in [0.2, 0.25) is 0 Å². The quantitative estimate of drug-likeness (QED) is 0.924. The summed E-state index contributed by atoms with van der Waals surface area (Å²) in [6, 6.07) is 9.43. The number of methoxy groups -OCH3 is 2. The molecule has 2 heterocycles. The summed E-state index contributed by atoms with van der Waals surface area (Å²) in [6.45, 7) is 0.456. The first-order valence-electron chi connectivity index (χ1n) is 7.10. The Labute approximate surface area is 128 Å². The van der Waals surface area contributed by atoms with Gasteiger partial charge in [-0.2, -0.15) is 0 Å². The Balaban J connectivity index is 1.78. The summed E-state index contributed by atoms with van der Waals surface area (Å²) in [5.74, 6) is 2.55. The second-order valence-electron chi connectivity index (χ2n) is 5.39. The lowest BCUT2D eigenvalue weighted by atomic mass is 9.89. The Bertz CT molecular complexity index is 740. The Hall–Kier alpha value is -2.56. The third-order valence-corrected chi connectivity index (χ3v) is 4.30. The lowest BCUT2D eigenvalue weighted by Gasteiger charge is -2.28. The first-order chi connectivity index (χ1) is 10.7. The highest BCUT2D eigenvalue weighted by Gasteiger charge is 2.42. The monoisotopic (exact) mass is 300 g/mol. The van der Waals surface area contributed by atoms with Crippen LogP contribution in [0, 0.1) is 0 Å². The molecule has 2 aliphatic heterocycles. The molecule has 2 aromatic carbocycles. The van der Waals surface area contributed by atoms with E-state index < -0.39 is 0 Å². The molecule has 0 saturated carbocycles. The van der Waals surface area contributed by atoms with Gasteiger partial charge in [-0.3, -0.25) is 0 Å². The smallest absolute Gasteiger partial charge is 0.201 e. The van der Waals surface area contributed by atoms with Gasteiger partial charge < -0.3 is 24.1 Å². The Kier molecular flexibility index (Phi) is 2.82. The Morgan fingerprint density at radius 1 is 1.09 bits per heavy atom. The van der Waals surface area contributed by atoms with Crippen molar-refractivity contribution in [2.24, 2.45) is 0 Å². The van der Waals surface area contributed by atoms with Gasteiger partial charge in [-0.15, -0.1) is 0 Å². The standard InChI is InChI=1S/C17H16O5/c1-19-9-3-4-10-12-8-21-17-11(16(12)22-14(10)7-9)5-6-13(20-2)15(17)18/h3-7,12,16,18H,8H2,1-2H3/t12-,16-/m1/s1. The number of rotatable bonds is 2. The molecule has 0 unspecified atom stereocenters. The van der Waals surface area contributed by atoms with Crippen molar-refractivity contribution in [1.29, 1.82) is 0 Å². The number of benzene rings is 2. The molecule has 0 aliphatic carbocycles. The van der Waals surface area contributed by atoms with Crippen molar-refractivity contribution < 1.29 is 24.1 Å². The van der Waals surface area contributed by atoms with E-state index in [1.807, 2.05) is 24.3 Å². The van der Waals surface area contributed by atoms with E-state index in [-0.39, 0.29) is 17.8 Å². The molecule has 2 atom stereocenters. The minimum absolute atomic E-state index is 0.0237. The Morgan fingerprint density at radius 2 is 1.91 bits per heavy atom. The van der Waals surface area contributed by atoms with Gasteiger partial charge in [0.05, 0.1) is 26.7 Å². The average molecular weight is 300 g/mol. The molecule has 1 N–H and O–H groups in total. The van der Waals surface area contributed by atoms with Gasteiger partial charge >= 0.3 is 0 Å². The van der Waals surface area contributed by atoms with Crippen molar-refractivity contribution >= 4 is 0 Å². The van der Waals surface area contributed by atoms with Gasteiger partial charge in [0.2, 0.25) is 5.75 Å². The van der Waals surface area contributed by atoms with Gasteiger partial charge in [0.1, 0.15) is 17.6 Å². The molecule has 0 fully saturated rings. The summed E-state index contributed by atoms with van der Waals surface area (Å²) in [4.78, 5) is 0. The largest absolute Gasteiger partial charge is 0.502 e. The summed E-state index contributed by atoms with van der Waals surface area (Å²) in [6.07, 6.45) is -0.164. The zero-order valence-corrected chi connectivity index (χ0v) is 12.3. The predicted octanol–water partition coefficient (Wildman–Crippen LogP) is 3.02. The molecule has 114 valence electrons. The lowest BCUT2D eigenvalue weighted by molar-refractivity contribution is 0.135. The Morgan fingerprint density at radius 3 is 2.68 bits per heavy atom. The third kappa shape index (κ3) is 1.71. The van der Waals surface area contributed by atoms with Crippen molar-refractivity contribution in [2.75, 3.05) is 20.8 Å². The van der Waals surface area contributed by atoms with Crippen molar-refractivity contribution in [3.05, 3.63) is 41.5 Å². The van der Waals surface area contributed by atoms with Crippen LogP contribution in [0.3, 0.4) is 0 Å². The van der Waals surface area contributed by atoms with Crippen LogP contribution < -0.4 is 18.9 Å². The molecular formula is C17H16O5. The van der Waals surface area contributed by atoms with Crippen molar-refractivity contribution in [1.82, 2.24) is 0 Å². The molecule has 2 aromatic rings. The van der Waals surface area contributed by atoms with Crippen LogP contribution >= 0.6 is 0 Å². The van der Waals surface area contributed by atoms with Gasteiger partial charge in [0, 0.05) is 17.2 Å².